The number of benzene rings is 2. The summed E-state index contributed by atoms with van der Waals surface area (Å²) in [6, 6.07) is 5.59. The van der Waals surface area contributed by atoms with Gasteiger partial charge in [0.05, 0.1) is 16.3 Å². The Hall–Kier alpha value is -4.55. The molecule has 3 amide bonds. The van der Waals surface area contributed by atoms with Gasteiger partial charge in [-0.3, -0.25) is 14.7 Å². The number of aliphatic hydroxyl groups excluding tert-OH is 3. The molecule has 45 heavy (non-hydrogen) atoms. The Morgan fingerprint density at radius 2 is 1.76 bits per heavy atom. The number of hydrogen-bond acceptors (Lipinski definition) is 9. The lowest BCUT2D eigenvalue weighted by atomic mass is 9.97. The van der Waals surface area contributed by atoms with Crippen molar-refractivity contribution in [3.8, 4) is 11.5 Å². The number of halogens is 5. The number of ether oxygens (including phenoxy) is 2. The first kappa shape index (κ1) is 29.2. The zero-order valence-electron chi connectivity index (χ0n) is 25.2. The third-order valence-electron chi connectivity index (χ3n) is 6.33. The molecule has 5 atom stereocenters. The van der Waals surface area contributed by atoms with Crippen molar-refractivity contribution in [3.63, 3.8) is 0 Å². The number of aliphatic hydroxyl groups is 3. The second-order valence-electron chi connectivity index (χ2n) is 9.29. The highest BCUT2D eigenvalue weighted by atomic mass is 35.5. The molecule has 1 fully saturated rings. The first-order chi connectivity index (χ1) is 22.3. The van der Waals surface area contributed by atoms with Gasteiger partial charge in [0.2, 0.25) is 0 Å². The van der Waals surface area contributed by atoms with Crippen LogP contribution in [0.1, 0.15) is 20.2 Å². The van der Waals surface area contributed by atoms with E-state index in [0.29, 0.717) is 6.07 Å². The number of anilines is 2. The number of aromatic nitrogens is 1. The zero-order valence-corrected chi connectivity index (χ0v) is 23.0. The van der Waals surface area contributed by atoms with Crippen LogP contribution in [-0.4, -0.2) is 80.9 Å². The van der Waals surface area contributed by atoms with E-state index in [1.807, 2.05) is 5.32 Å². The number of urea groups is 1. The molecule has 0 radical (unpaired) electrons. The van der Waals surface area contributed by atoms with Crippen molar-refractivity contribution in [3.05, 3.63) is 76.8 Å². The van der Waals surface area contributed by atoms with E-state index in [-0.39, 0.29) is 22.1 Å². The predicted octanol–water partition coefficient (Wildman–Crippen LogP) is 2.98. The van der Waals surface area contributed by atoms with E-state index in [0.717, 1.165) is 42.6 Å². The highest BCUT2D eigenvalue weighted by Crippen LogP contribution is 2.39. The minimum Gasteiger partial charge on any atom is -0.479 e. The van der Waals surface area contributed by atoms with Gasteiger partial charge in [0.25, 0.3) is 5.91 Å². The van der Waals surface area contributed by atoms with Gasteiger partial charge in [0.15, 0.2) is 12.3 Å². The van der Waals surface area contributed by atoms with E-state index >= 15 is 4.39 Å². The molecule has 3 aromatic rings. The van der Waals surface area contributed by atoms with E-state index in [1.54, 1.807) is 5.32 Å². The molecular weight excluding hydrogens is 637 g/mol. The average molecular weight is 663 g/mol. The molecule has 0 spiro atoms. The van der Waals surface area contributed by atoms with Crippen LogP contribution in [0.3, 0.4) is 0 Å². The van der Waals surface area contributed by atoms with Crippen LogP contribution < -0.4 is 20.3 Å². The molecule has 0 bridgehead atoms. The van der Waals surface area contributed by atoms with Gasteiger partial charge in [-0.15, -0.1) is 0 Å². The summed E-state index contributed by atoms with van der Waals surface area (Å²) in [5.41, 5.74) is -3.12. The molecule has 4 rings (SSSR count). The number of hydrogen-bond donors (Lipinski definition) is 6. The van der Waals surface area contributed by atoms with E-state index < -0.39 is 89.5 Å². The SMILES string of the molecule is [2H][13C]([2H])([2H])NC(=O)c1cc(Oc2ccc(NC(=O)N(c3ccc(Cl)c(C(F)(F)F)c3)[C@@H]3O[C@H](C(=O)O)[C@@H](O)[C@H](O)[C@H]3O)c(F)c2)ccn1. The summed E-state index contributed by atoms with van der Waals surface area (Å²) >= 11 is 5.68. The topological polar surface area (TPSA) is 191 Å². The van der Waals surface area contributed by atoms with Gasteiger partial charge in [-0.05, 0) is 36.4 Å². The summed E-state index contributed by atoms with van der Waals surface area (Å²) < 4.78 is 88.2. The minimum atomic E-state index is -5.06. The Balaban J connectivity index is 1.65. The van der Waals surface area contributed by atoms with E-state index in [1.165, 1.54) is 6.07 Å². The van der Waals surface area contributed by atoms with Crippen LogP contribution in [-0.2, 0) is 15.7 Å². The summed E-state index contributed by atoms with van der Waals surface area (Å²) in [4.78, 5) is 41.3. The number of nitrogens with one attached hydrogen (secondary N) is 2. The maximum atomic E-state index is 15.2. The van der Waals surface area contributed by atoms with Crippen LogP contribution in [0.25, 0.3) is 0 Å². The fourth-order valence-electron chi connectivity index (χ4n) is 4.17. The number of amides is 3. The Morgan fingerprint density at radius 3 is 2.40 bits per heavy atom. The number of nitrogens with zero attached hydrogens (tertiary/aromatic N) is 2. The smallest absolute Gasteiger partial charge is 0.417 e. The number of carbonyl (C=O) groups is 3. The molecule has 13 nitrogen and oxygen atoms in total. The van der Waals surface area contributed by atoms with Crippen molar-refractivity contribution in [1.29, 1.82) is 0 Å². The summed E-state index contributed by atoms with van der Waals surface area (Å²) in [7, 11) is 0. The lowest BCUT2D eigenvalue weighted by Gasteiger charge is -2.43. The number of rotatable bonds is 7. The van der Waals surface area contributed by atoms with Crippen molar-refractivity contribution in [2.24, 2.45) is 0 Å². The molecule has 6 N–H and O–H groups in total. The first-order valence-electron chi connectivity index (χ1n) is 13.9. The lowest BCUT2D eigenvalue weighted by Crippen LogP contribution is -2.65. The number of aliphatic carboxylic acids is 1. The Morgan fingerprint density at radius 1 is 1.04 bits per heavy atom. The highest BCUT2D eigenvalue weighted by Gasteiger charge is 2.50. The van der Waals surface area contributed by atoms with Crippen LogP contribution in [0.2, 0.25) is 5.02 Å². The van der Waals surface area contributed by atoms with Gasteiger partial charge in [-0.1, -0.05) is 11.6 Å². The van der Waals surface area contributed by atoms with Crippen molar-refractivity contribution in [1.82, 2.24) is 10.3 Å². The largest absolute Gasteiger partial charge is 0.479 e. The Labute approximate surface area is 259 Å². The standard InChI is InChI=1S/C27H23ClF4N4O9/c1-33-23(40)18-10-13(6-7-34-18)44-12-3-5-17(16(29)9-12)35-26(43)36(11-2-4-15(28)14(8-11)27(30,31)32)24-21(39)19(37)20(38)22(45-24)25(41)42/h2-10,19-22,24,37-39H,1H3,(H,33,40)(H,35,43)(H,41,42)/t19-,20-,21+,22-,24+/m0/s1/i1+1D3. The van der Waals surface area contributed by atoms with Crippen LogP contribution in [0, 0.1) is 5.82 Å². The van der Waals surface area contributed by atoms with Crippen LogP contribution in [0.15, 0.2) is 54.7 Å². The number of pyridine rings is 1. The number of alkyl halides is 3. The van der Waals surface area contributed by atoms with E-state index in [9.17, 15) is 48.0 Å². The predicted molar refractivity (Wildman–Crippen MR) is 146 cm³/mol. The van der Waals surface area contributed by atoms with E-state index in [4.69, 9.17) is 25.2 Å². The summed E-state index contributed by atoms with van der Waals surface area (Å²) in [5, 5.41) is 43.4. The molecule has 2 aromatic carbocycles. The molecular formula is C27H23ClF4N4O9. The maximum Gasteiger partial charge on any atom is 0.417 e. The fourth-order valence-corrected chi connectivity index (χ4v) is 4.40. The molecule has 1 aliphatic rings. The van der Waals surface area contributed by atoms with Crippen molar-refractivity contribution >= 4 is 40.9 Å². The third kappa shape index (κ3) is 7.23. The molecule has 1 aromatic heterocycles. The zero-order chi connectivity index (χ0) is 35.7. The van der Waals surface area contributed by atoms with Crippen molar-refractivity contribution in [2.75, 3.05) is 17.2 Å². The van der Waals surface area contributed by atoms with Crippen LogP contribution >= 0.6 is 11.6 Å². The Kier molecular flexibility index (Phi) is 8.56. The lowest BCUT2D eigenvalue weighted by molar-refractivity contribution is -0.225. The summed E-state index contributed by atoms with van der Waals surface area (Å²) in [6.07, 6.45) is -15.2. The fraction of sp³-hybridized carbons (Fsp3) is 0.259. The molecule has 1 aliphatic heterocycles. The molecule has 240 valence electrons. The Bertz CT molecular complexity index is 1720. The summed E-state index contributed by atoms with van der Waals surface area (Å²) in [5.74, 6) is -4.39. The molecule has 0 saturated carbocycles. The monoisotopic (exact) mass is 662 g/mol. The number of carboxylic acid groups (broad SMARTS) is 1. The number of carbonyl (C=O) groups excluding carboxylic acids is 2. The molecule has 2 heterocycles. The van der Waals surface area contributed by atoms with Gasteiger partial charge in [0, 0.05) is 35.1 Å². The normalized spacial score (nSPS) is 22.8. The van der Waals surface area contributed by atoms with Gasteiger partial charge in [0.1, 0.15) is 41.3 Å². The second kappa shape index (κ2) is 13.2. The molecule has 0 unspecified atom stereocenters. The third-order valence-corrected chi connectivity index (χ3v) is 6.66. The van der Waals surface area contributed by atoms with Crippen molar-refractivity contribution in [2.45, 2.75) is 36.8 Å². The highest BCUT2D eigenvalue weighted by molar-refractivity contribution is 6.31. The molecule has 18 heteroatoms. The molecule has 1 saturated heterocycles. The summed E-state index contributed by atoms with van der Waals surface area (Å²) in [6.45, 7) is -2.80. The second-order valence-corrected chi connectivity index (χ2v) is 9.70. The molecule has 0 aliphatic carbocycles. The average Bonchev–Trinajstić information content (AvgIpc) is 2.98. The van der Waals surface area contributed by atoms with E-state index in [2.05, 4.69) is 4.98 Å². The van der Waals surface area contributed by atoms with Crippen LogP contribution in [0.4, 0.5) is 33.7 Å². The van der Waals surface area contributed by atoms with Gasteiger partial charge in [-0.25, -0.2) is 14.0 Å². The van der Waals surface area contributed by atoms with Gasteiger partial charge in [-0.2, -0.15) is 13.2 Å². The number of carboxylic acids is 1. The van der Waals surface area contributed by atoms with Crippen LogP contribution in [0.5, 0.6) is 11.5 Å². The first-order valence-corrected chi connectivity index (χ1v) is 12.8. The minimum absolute atomic E-state index is 0.0802. The quantitative estimate of drug-likeness (QED) is 0.162. The van der Waals surface area contributed by atoms with Gasteiger partial charge < -0.3 is 40.5 Å². The van der Waals surface area contributed by atoms with Gasteiger partial charge >= 0.3 is 18.2 Å². The maximum absolute atomic E-state index is 15.2. The van der Waals surface area contributed by atoms with Crippen molar-refractivity contribution < 1.29 is 66.0 Å².